The van der Waals surface area contributed by atoms with Gasteiger partial charge in [-0.3, -0.25) is 14.5 Å². The molecule has 3 aliphatic rings. The molecule has 4 unspecified atom stereocenters. The summed E-state index contributed by atoms with van der Waals surface area (Å²) in [6.45, 7) is 2.75. The number of hydrogen-bond donors (Lipinski definition) is 1. The molecule has 2 amide bonds. The van der Waals surface area contributed by atoms with E-state index < -0.39 is 0 Å². The van der Waals surface area contributed by atoms with Crippen molar-refractivity contribution in [2.24, 2.45) is 29.4 Å². The molecule has 0 aromatic rings. The number of imide groups is 1. The van der Waals surface area contributed by atoms with Gasteiger partial charge in [-0.25, -0.2) is 0 Å². The summed E-state index contributed by atoms with van der Waals surface area (Å²) in [6, 6.07) is 0.0828. The van der Waals surface area contributed by atoms with Crippen LogP contribution in [0.5, 0.6) is 0 Å². The van der Waals surface area contributed by atoms with Gasteiger partial charge in [-0.1, -0.05) is 26.2 Å². The Morgan fingerprint density at radius 1 is 1.10 bits per heavy atom. The highest BCUT2D eigenvalue weighted by atomic mass is 16.2. The van der Waals surface area contributed by atoms with Crippen LogP contribution in [-0.2, 0) is 9.59 Å². The molecule has 0 radical (unpaired) electrons. The number of fused-ring (bicyclic) bond motifs is 1. The second-order valence-electron chi connectivity index (χ2n) is 6.85. The molecular weight excluding hydrogens is 252 g/mol. The number of rotatable bonds is 3. The summed E-state index contributed by atoms with van der Waals surface area (Å²) in [5, 5.41) is 0. The number of carbonyl (C=O) groups is 2. The molecule has 20 heavy (non-hydrogen) atoms. The number of carbonyl (C=O) groups excluding carboxylic acids is 2. The first-order chi connectivity index (χ1) is 9.67. The maximum atomic E-state index is 12.7. The average molecular weight is 278 g/mol. The Kier molecular flexibility index (Phi) is 3.85. The second-order valence-corrected chi connectivity index (χ2v) is 6.85. The van der Waals surface area contributed by atoms with Crippen LogP contribution < -0.4 is 5.73 Å². The molecule has 112 valence electrons. The van der Waals surface area contributed by atoms with Gasteiger partial charge in [-0.15, -0.1) is 0 Å². The summed E-state index contributed by atoms with van der Waals surface area (Å²) in [5.41, 5.74) is 5.86. The standard InChI is InChI=1S/C16H26N2O2/c1-2-10-7-12-13(8-10)16(20)18(15(12)19)14-6-4-3-5-11(14)9-17/h10-14H,2-9,17H2,1H3. The summed E-state index contributed by atoms with van der Waals surface area (Å²) in [4.78, 5) is 27.0. The molecule has 3 rings (SSSR count). The van der Waals surface area contributed by atoms with Crippen LogP contribution in [0.2, 0.25) is 0 Å². The molecule has 4 nitrogen and oxygen atoms in total. The van der Waals surface area contributed by atoms with Crippen molar-refractivity contribution >= 4 is 11.8 Å². The Labute approximate surface area is 121 Å². The van der Waals surface area contributed by atoms with Crippen molar-refractivity contribution in [2.45, 2.75) is 57.9 Å². The molecule has 2 aliphatic carbocycles. The molecule has 1 saturated heterocycles. The lowest BCUT2D eigenvalue weighted by atomic mass is 9.83. The van der Waals surface area contributed by atoms with Gasteiger partial charge in [0.1, 0.15) is 0 Å². The SMILES string of the molecule is CCC1CC2C(=O)N(C3CCCCC3CN)C(=O)C2C1. The van der Waals surface area contributed by atoms with Crippen LogP contribution in [0.1, 0.15) is 51.9 Å². The average Bonchev–Trinajstić information content (AvgIpc) is 3.00. The number of amides is 2. The molecule has 0 aromatic carbocycles. The lowest BCUT2D eigenvalue weighted by Gasteiger charge is -2.36. The van der Waals surface area contributed by atoms with Crippen LogP contribution in [0.3, 0.4) is 0 Å². The van der Waals surface area contributed by atoms with Crippen LogP contribution in [0.25, 0.3) is 0 Å². The van der Waals surface area contributed by atoms with E-state index in [2.05, 4.69) is 6.92 Å². The first kappa shape index (κ1) is 14.1. The lowest BCUT2D eigenvalue weighted by molar-refractivity contribution is -0.145. The zero-order valence-electron chi connectivity index (χ0n) is 12.4. The van der Waals surface area contributed by atoms with Crippen molar-refractivity contribution < 1.29 is 9.59 Å². The Hall–Kier alpha value is -0.900. The van der Waals surface area contributed by atoms with E-state index in [0.29, 0.717) is 18.4 Å². The van der Waals surface area contributed by atoms with Gasteiger partial charge in [-0.05, 0) is 44.1 Å². The van der Waals surface area contributed by atoms with Crippen molar-refractivity contribution in [3.05, 3.63) is 0 Å². The predicted octanol–water partition coefficient (Wildman–Crippen LogP) is 1.93. The molecule has 4 heteroatoms. The third-order valence-electron chi connectivity index (χ3n) is 5.85. The Morgan fingerprint density at radius 2 is 1.70 bits per heavy atom. The Bertz CT molecular complexity index is 385. The monoisotopic (exact) mass is 278 g/mol. The molecule has 0 spiro atoms. The smallest absolute Gasteiger partial charge is 0.233 e. The summed E-state index contributed by atoms with van der Waals surface area (Å²) in [5.74, 6) is 1.07. The minimum absolute atomic E-state index is 0.0206. The molecule has 1 heterocycles. The van der Waals surface area contributed by atoms with Crippen molar-refractivity contribution in [1.29, 1.82) is 0 Å². The summed E-state index contributed by atoms with van der Waals surface area (Å²) < 4.78 is 0. The van der Waals surface area contributed by atoms with Crippen LogP contribution in [0.4, 0.5) is 0 Å². The van der Waals surface area contributed by atoms with Crippen molar-refractivity contribution in [2.75, 3.05) is 6.54 Å². The highest BCUT2D eigenvalue weighted by molar-refractivity contribution is 6.05. The van der Waals surface area contributed by atoms with E-state index in [1.54, 1.807) is 4.90 Å². The first-order valence-electron chi connectivity index (χ1n) is 8.24. The van der Waals surface area contributed by atoms with E-state index in [9.17, 15) is 9.59 Å². The molecular formula is C16H26N2O2. The van der Waals surface area contributed by atoms with Gasteiger partial charge >= 0.3 is 0 Å². The van der Waals surface area contributed by atoms with E-state index in [1.165, 1.54) is 6.42 Å². The largest absolute Gasteiger partial charge is 0.330 e. The number of hydrogen-bond acceptors (Lipinski definition) is 3. The predicted molar refractivity (Wildman–Crippen MR) is 76.6 cm³/mol. The third kappa shape index (κ3) is 2.09. The summed E-state index contributed by atoms with van der Waals surface area (Å²) in [7, 11) is 0. The molecule has 2 saturated carbocycles. The number of likely N-dealkylation sites (tertiary alicyclic amines) is 1. The normalized spacial score (nSPS) is 41.3. The van der Waals surface area contributed by atoms with Gasteiger partial charge in [0.05, 0.1) is 11.8 Å². The van der Waals surface area contributed by atoms with E-state index in [-0.39, 0.29) is 29.7 Å². The van der Waals surface area contributed by atoms with E-state index in [1.807, 2.05) is 0 Å². The summed E-state index contributed by atoms with van der Waals surface area (Å²) >= 11 is 0. The van der Waals surface area contributed by atoms with Crippen LogP contribution in [0.15, 0.2) is 0 Å². The number of nitrogens with zero attached hydrogens (tertiary/aromatic N) is 1. The molecule has 3 fully saturated rings. The van der Waals surface area contributed by atoms with Crippen LogP contribution in [-0.4, -0.2) is 29.3 Å². The van der Waals surface area contributed by atoms with E-state index >= 15 is 0 Å². The fourth-order valence-electron chi connectivity index (χ4n) is 4.62. The molecule has 1 aliphatic heterocycles. The van der Waals surface area contributed by atoms with Gasteiger partial charge in [0, 0.05) is 6.04 Å². The van der Waals surface area contributed by atoms with Crippen molar-refractivity contribution in [3.8, 4) is 0 Å². The molecule has 0 aromatic heterocycles. The van der Waals surface area contributed by atoms with Crippen molar-refractivity contribution in [1.82, 2.24) is 4.90 Å². The minimum Gasteiger partial charge on any atom is -0.330 e. The zero-order chi connectivity index (χ0) is 14.3. The maximum Gasteiger partial charge on any atom is 0.233 e. The van der Waals surface area contributed by atoms with Gasteiger partial charge in [0.2, 0.25) is 11.8 Å². The van der Waals surface area contributed by atoms with Crippen molar-refractivity contribution in [3.63, 3.8) is 0 Å². The Morgan fingerprint density at radius 3 is 2.25 bits per heavy atom. The summed E-state index contributed by atoms with van der Waals surface area (Å²) in [6.07, 6.45) is 7.23. The topological polar surface area (TPSA) is 63.4 Å². The van der Waals surface area contributed by atoms with Gasteiger partial charge < -0.3 is 5.73 Å². The Balaban J connectivity index is 1.79. The molecule has 2 N–H and O–H groups in total. The minimum atomic E-state index is -0.0206. The highest BCUT2D eigenvalue weighted by Gasteiger charge is 2.54. The number of nitrogens with two attached hydrogens (primary N) is 1. The molecule has 4 atom stereocenters. The van der Waals surface area contributed by atoms with Gasteiger partial charge in [-0.2, -0.15) is 0 Å². The fraction of sp³-hybridized carbons (Fsp3) is 0.875. The quantitative estimate of drug-likeness (QED) is 0.802. The highest BCUT2D eigenvalue weighted by Crippen LogP contribution is 2.46. The van der Waals surface area contributed by atoms with Gasteiger partial charge in [0.25, 0.3) is 0 Å². The third-order valence-corrected chi connectivity index (χ3v) is 5.85. The van der Waals surface area contributed by atoms with E-state index in [0.717, 1.165) is 38.5 Å². The lowest BCUT2D eigenvalue weighted by Crippen LogP contribution is -2.48. The first-order valence-corrected chi connectivity index (χ1v) is 8.24. The van der Waals surface area contributed by atoms with Gasteiger partial charge in [0.15, 0.2) is 0 Å². The fourth-order valence-corrected chi connectivity index (χ4v) is 4.62. The zero-order valence-corrected chi connectivity index (χ0v) is 12.4. The van der Waals surface area contributed by atoms with Crippen LogP contribution >= 0.6 is 0 Å². The maximum absolute atomic E-state index is 12.7. The van der Waals surface area contributed by atoms with E-state index in [4.69, 9.17) is 5.73 Å². The second kappa shape index (κ2) is 5.47. The van der Waals surface area contributed by atoms with Crippen LogP contribution in [0, 0.1) is 23.7 Å². The molecule has 0 bridgehead atoms.